The van der Waals surface area contributed by atoms with Crippen LogP contribution in [0.2, 0.25) is 0 Å². The van der Waals surface area contributed by atoms with Gasteiger partial charge in [-0.15, -0.1) is 0 Å². The molecule has 3 unspecified atom stereocenters. The summed E-state index contributed by atoms with van der Waals surface area (Å²) < 4.78 is 14.6. The Kier molecular flexibility index (Phi) is 7.20. The minimum absolute atomic E-state index is 0.000303. The zero-order valence-electron chi connectivity index (χ0n) is 15.5. The summed E-state index contributed by atoms with van der Waals surface area (Å²) >= 11 is 0. The van der Waals surface area contributed by atoms with Crippen molar-refractivity contribution in [1.29, 1.82) is 0 Å². The summed E-state index contributed by atoms with van der Waals surface area (Å²) in [6, 6.07) is 0. The quantitative estimate of drug-likeness (QED) is 0.375. The van der Waals surface area contributed by atoms with Gasteiger partial charge in [0.25, 0.3) is 0 Å². The molecule has 0 N–H and O–H groups in total. The number of nitrogens with zero attached hydrogens (tertiary/aromatic N) is 1. The first-order valence-corrected chi connectivity index (χ1v) is 9.40. The lowest BCUT2D eigenvalue weighted by Crippen LogP contribution is -2.25. The van der Waals surface area contributed by atoms with Crippen LogP contribution in [-0.2, 0) is 0 Å². The molecule has 0 saturated heterocycles. The zero-order valence-corrected chi connectivity index (χ0v) is 15.5. The first-order valence-electron chi connectivity index (χ1n) is 9.40. The number of allylic oxidation sites excluding steroid dienone is 6. The molecule has 2 aliphatic carbocycles. The molecule has 2 aliphatic rings. The normalized spacial score (nSPS) is 27.3. The molecule has 0 amide bonds. The van der Waals surface area contributed by atoms with Crippen LogP contribution >= 0.6 is 0 Å². The topological polar surface area (TPSA) is 12.4 Å². The molecule has 0 spiro atoms. The van der Waals surface area contributed by atoms with E-state index in [2.05, 4.69) is 31.5 Å². The fourth-order valence-corrected chi connectivity index (χ4v) is 4.23. The fraction of sp³-hybridized carbons (Fsp3) is 0.591. The van der Waals surface area contributed by atoms with E-state index in [0.29, 0.717) is 5.92 Å². The first kappa shape index (κ1) is 18.9. The summed E-state index contributed by atoms with van der Waals surface area (Å²) in [7, 11) is 0. The summed E-state index contributed by atoms with van der Waals surface area (Å²) in [6.45, 7) is 10.5. The SMILES string of the molecule is C=C(CC(C)C1C(F)=CC=CC1/C(C)=C/N=CC)C1CCCCC1. The van der Waals surface area contributed by atoms with Gasteiger partial charge in [0.2, 0.25) is 0 Å². The van der Waals surface area contributed by atoms with Crippen molar-refractivity contribution < 1.29 is 4.39 Å². The van der Waals surface area contributed by atoms with E-state index in [9.17, 15) is 4.39 Å². The third-order valence-corrected chi connectivity index (χ3v) is 5.61. The molecule has 1 saturated carbocycles. The number of aliphatic imine (C=N–C) groups is 1. The van der Waals surface area contributed by atoms with E-state index in [1.165, 1.54) is 37.7 Å². The molecule has 0 aromatic rings. The lowest BCUT2D eigenvalue weighted by Gasteiger charge is -2.33. The van der Waals surface area contributed by atoms with E-state index in [1.54, 1.807) is 12.3 Å². The maximum absolute atomic E-state index is 14.6. The molecular weight excluding hydrogens is 297 g/mol. The highest BCUT2D eigenvalue weighted by Crippen LogP contribution is 2.41. The van der Waals surface area contributed by atoms with E-state index in [4.69, 9.17) is 0 Å². The van der Waals surface area contributed by atoms with Crippen molar-refractivity contribution in [2.24, 2.45) is 28.7 Å². The molecule has 3 atom stereocenters. The van der Waals surface area contributed by atoms with Crippen molar-refractivity contribution >= 4 is 6.21 Å². The molecular formula is C22H32FN. The van der Waals surface area contributed by atoms with Gasteiger partial charge in [0.05, 0.1) is 0 Å². The van der Waals surface area contributed by atoms with E-state index >= 15 is 0 Å². The second-order valence-corrected chi connectivity index (χ2v) is 7.44. The molecule has 0 radical (unpaired) electrons. The van der Waals surface area contributed by atoms with Gasteiger partial charge < -0.3 is 0 Å². The molecule has 1 nitrogen and oxygen atoms in total. The second kappa shape index (κ2) is 9.15. The van der Waals surface area contributed by atoms with Crippen LogP contribution in [0.15, 0.2) is 53.0 Å². The van der Waals surface area contributed by atoms with Gasteiger partial charge in [-0.1, -0.05) is 50.5 Å². The van der Waals surface area contributed by atoms with Crippen LogP contribution in [0.25, 0.3) is 0 Å². The van der Waals surface area contributed by atoms with E-state index in [1.807, 2.05) is 19.2 Å². The third kappa shape index (κ3) is 4.78. The maximum Gasteiger partial charge on any atom is 0.104 e. The number of rotatable bonds is 6. The second-order valence-electron chi connectivity index (χ2n) is 7.44. The summed E-state index contributed by atoms with van der Waals surface area (Å²) in [6.07, 6.45) is 16.7. The van der Waals surface area contributed by atoms with Crippen LogP contribution in [0.1, 0.15) is 59.3 Å². The molecule has 2 rings (SSSR count). The third-order valence-electron chi connectivity index (χ3n) is 5.61. The fourth-order valence-electron chi connectivity index (χ4n) is 4.23. The Balaban J connectivity index is 2.08. The van der Waals surface area contributed by atoms with Gasteiger partial charge in [-0.3, -0.25) is 4.99 Å². The predicted molar refractivity (Wildman–Crippen MR) is 103 cm³/mol. The highest BCUT2D eigenvalue weighted by molar-refractivity contribution is 5.54. The number of hydrogen-bond donors (Lipinski definition) is 0. The predicted octanol–water partition coefficient (Wildman–Crippen LogP) is 6.80. The Morgan fingerprint density at radius 1 is 1.38 bits per heavy atom. The lowest BCUT2D eigenvalue weighted by molar-refractivity contribution is 0.282. The van der Waals surface area contributed by atoms with Crippen LogP contribution in [0.3, 0.4) is 0 Å². The van der Waals surface area contributed by atoms with E-state index in [-0.39, 0.29) is 23.6 Å². The maximum atomic E-state index is 14.6. The Morgan fingerprint density at radius 3 is 2.75 bits per heavy atom. The largest absolute Gasteiger partial charge is 0.269 e. The van der Waals surface area contributed by atoms with Crippen molar-refractivity contribution in [1.82, 2.24) is 0 Å². The van der Waals surface area contributed by atoms with Crippen molar-refractivity contribution in [2.45, 2.75) is 59.3 Å². The number of hydrogen-bond acceptors (Lipinski definition) is 1. The van der Waals surface area contributed by atoms with Crippen molar-refractivity contribution in [3.05, 3.63) is 48.0 Å². The van der Waals surface area contributed by atoms with Gasteiger partial charge in [0, 0.05) is 24.3 Å². The lowest BCUT2D eigenvalue weighted by atomic mass is 9.72. The smallest absolute Gasteiger partial charge is 0.104 e. The molecule has 0 aromatic heterocycles. The monoisotopic (exact) mass is 329 g/mol. The molecule has 0 aromatic carbocycles. The molecule has 0 bridgehead atoms. The van der Waals surface area contributed by atoms with Crippen molar-refractivity contribution in [3.63, 3.8) is 0 Å². The molecule has 24 heavy (non-hydrogen) atoms. The zero-order chi connectivity index (χ0) is 17.5. The molecule has 2 heteroatoms. The number of halogens is 1. The van der Waals surface area contributed by atoms with Crippen molar-refractivity contribution in [2.75, 3.05) is 0 Å². The standard InChI is InChI=1S/C22H32FN/c1-5-24-15-18(4)20-12-9-13-21(23)22(20)17(3)14-16(2)19-10-7-6-8-11-19/h5,9,12-13,15,17,19-20,22H,2,6-8,10-11,14H2,1,3-4H3/b18-15+,24-5?. The Bertz CT molecular complexity index is 546. The van der Waals surface area contributed by atoms with E-state index < -0.39 is 0 Å². The van der Waals surface area contributed by atoms with E-state index in [0.717, 1.165) is 12.0 Å². The van der Waals surface area contributed by atoms with Crippen LogP contribution in [0.5, 0.6) is 0 Å². The van der Waals surface area contributed by atoms with Gasteiger partial charge >= 0.3 is 0 Å². The van der Waals surface area contributed by atoms with Gasteiger partial charge in [0.1, 0.15) is 5.83 Å². The van der Waals surface area contributed by atoms with Gasteiger partial charge in [-0.2, -0.15) is 0 Å². The summed E-state index contributed by atoms with van der Waals surface area (Å²) in [5, 5.41) is 0. The van der Waals surface area contributed by atoms with Crippen LogP contribution < -0.4 is 0 Å². The minimum Gasteiger partial charge on any atom is -0.269 e. The average molecular weight is 330 g/mol. The average Bonchev–Trinajstić information content (AvgIpc) is 2.59. The van der Waals surface area contributed by atoms with Crippen LogP contribution in [0.4, 0.5) is 4.39 Å². The van der Waals surface area contributed by atoms with Crippen LogP contribution in [0, 0.1) is 23.7 Å². The Labute approximate surface area is 147 Å². The van der Waals surface area contributed by atoms with Crippen LogP contribution in [-0.4, -0.2) is 6.21 Å². The molecule has 0 aliphatic heterocycles. The molecule has 0 heterocycles. The van der Waals surface area contributed by atoms with Crippen molar-refractivity contribution in [3.8, 4) is 0 Å². The molecule has 132 valence electrons. The minimum atomic E-state index is -0.0985. The summed E-state index contributed by atoms with van der Waals surface area (Å²) in [5.41, 5.74) is 2.45. The van der Waals surface area contributed by atoms with Gasteiger partial charge in [-0.05, 0) is 56.6 Å². The summed E-state index contributed by atoms with van der Waals surface area (Å²) in [4.78, 5) is 4.22. The Morgan fingerprint density at radius 2 is 2.08 bits per heavy atom. The van der Waals surface area contributed by atoms with Gasteiger partial charge in [-0.25, -0.2) is 4.39 Å². The molecule has 1 fully saturated rings. The highest BCUT2D eigenvalue weighted by atomic mass is 19.1. The Hall–Kier alpha value is -1.44. The summed E-state index contributed by atoms with van der Waals surface area (Å²) in [5.74, 6) is 0.887. The van der Waals surface area contributed by atoms with Gasteiger partial charge in [0.15, 0.2) is 0 Å². The first-order chi connectivity index (χ1) is 11.5. The highest BCUT2D eigenvalue weighted by Gasteiger charge is 2.32.